The molecule has 0 spiro atoms. The van der Waals surface area contributed by atoms with Gasteiger partial charge in [0.15, 0.2) is 0 Å². The zero-order valence-corrected chi connectivity index (χ0v) is 16.9. The first-order chi connectivity index (χ1) is 14.6. The fourth-order valence-corrected chi connectivity index (χ4v) is 3.84. The van der Waals surface area contributed by atoms with Crippen molar-refractivity contribution in [2.45, 2.75) is 6.92 Å². The highest BCUT2D eigenvalue weighted by molar-refractivity contribution is 6.31. The average molecular weight is 413 g/mol. The van der Waals surface area contributed by atoms with E-state index < -0.39 is 0 Å². The molecule has 0 unspecified atom stereocenters. The SMILES string of the molecule is Cc1ccc(NC(=O)c2cccc(Cl)c2)cc1-c1ccc2c(c1)[nH]c1ncncc12. The molecule has 0 radical (unpaired) electrons. The van der Waals surface area contributed by atoms with Gasteiger partial charge in [0.05, 0.1) is 0 Å². The van der Waals surface area contributed by atoms with Gasteiger partial charge in [-0.3, -0.25) is 4.79 Å². The number of carbonyl (C=O) groups excluding carboxylic acids is 1. The topological polar surface area (TPSA) is 70.7 Å². The maximum atomic E-state index is 12.6. The van der Waals surface area contributed by atoms with Gasteiger partial charge in [-0.2, -0.15) is 0 Å². The monoisotopic (exact) mass is 412 g/mol. The molecule has 30 heavy (non-hydrogen) atoms. The van der Waals surface area contributed by atoms with Gasteiger partial charge in [-0.1, -0.05) is 35.9 Å². The molecule has 5 nitrogen and oxygen atoms in total. The lowest BCUT2D eigenvalue weighted by atomic mass is 9.98. The highest BCUT2D eigenvalue weighted by Crippen LogP contribution is 2.31. The quantitative estimate of drug-likeness (QED) is 0.382. The summed E-state index contributed by atoms with van der Waals surface area (Å²) in [5, 5.41) is 5.57. The Balaban J connectivity index is 1.51. The van der Waals surface area contributed by atoms with Crippen LogP contribution in [-0.4, -0.2) is 20.9 Å². The number of H-pyrrole nitrogens is 1. The fourth-order valence-electron chi connectivity index (χ4n) is 3.65. The number of aryl methyl sites for hydroxylation is 1. The summed E-state index contributed by atoms with van der Waals surface area (Å²) in [6.45, 7) is 2.05. The predicted octanol–water partition coefficient (Wildman–Crippen LogP) is 5.99. The van der Waals surface area contributed by atoms with Crippen LogP contribution in [0.3, 0.4) is 0 Å². The van der Waals surface area contributed by atoms with E-state index in [4.69, 9.17) is 11.6 Å². The van der Waals surface area contributed by atoms with Gasteiger partial charge in [0.1, 0.15) is 12.0 Å². The van der Waals surface area contributed by atoms with Crippen molar-refractivity contribution in [3.8, 4) is 11.1 Å². The van der Waals surface area contributed by atoms with Crippen LogP contribution in [-0.2, 0) is 0 Å². The Morgan fingerprint density at radius 3 is 2.80 bits per heavy atom. The highest BCUT2D eigenvalue weighted by atomic mass is 35.5. The van der Waals surface area contributed by atoms with Crippen molar-refractivity contribution in [3.63, 3.8) is 0 Å². The zero-order chi connectivity index (χ0) is 20.7. The lowest BCUT2D eigenvalue weighted by molar-refractivity contribution is 0.102. The molecule has 146 valence electrons. The van der Waals surface area contributed by atoms with Crippen LogP contribution in [0.15, 0.2) is 73.2 Å². The van der Waals surface area contributed by atoms with Crippen LogP contribution < -0.4 is 5.32 Å². The first-order valence-electron chi connectivity index (χ1n) is 9.48. The Bertz CT molecular complexity index is 1420. The molecule has 0 aliphatic heterocycles. The second-order valence-electron chi connectivity index (χ2n) is 7.16. The number of halogens is 1. The van der Waals surface area contributed by atoms with Gasteiger partial charge < -0.3 is 10.3 Å². The third-order valence-electron chi connectivity index (χ3n) is 5.17. The summed E-state index contributed by atoms with van der Waals surface area (Å²) in [5.74, 6) is -0.197. The normalized spacial score (nSPS) is 11.1. The van der Waals surface area contributed by atoms with Gasteiger partial charge in [-0.15, -0.1) is 0 Å². The number of aromatic amines is 1. The molecule has 0 atom stereocenters. The average Bonchev–Trinajstić information content (AvgIpc) is 3.13. The van der Waals surface area contributed by atoms with Gasteiger partial charge in [-0.05, 0) is 60.0 Å². The molecule has 2 N–H and O–H groups in total. The summed E-state index contributed by atoms with van der Waals surface area (Å²) in [6, 6.07) is 19.0. The molecule has 6 heteroatoms. The van der Waals surface area contributed by atoms with E-state index in [2.05, 4.69) is 45.4 Å². The summed E-state index contributed by atoms with van der Waals surface area (Å²) < 4.78 is 0. The molecule has 0 fully saturated rings. The number of rotatable bonds is 3. The Morgan fingerprint density at radius 1 is 1.03 bits per heavy atom. The molecule has 2 aromatic heterocycles. The maximum Gasteiger partial charge on any atom is 0.255 e. The van der Waals surface area contributed by atoms with Crippen molar-refractivity contribution >= 4 is 45.1 Å². The first kappa shape index (κ1) is 18.3. The van der Waals surface area contributed by atoms with Gasteiger partial charge in [0.25, 0.3) is 5.91 Å². The number of amides is 1. The molecule has 5 rings (SSSR count). The van der Waals surface area contributed by atoms with Gasteiger partial charge in [-0.25, -0.2) is 9.97 Å². The molecule has 2 heterocycles. The molecule has 0 aliphatic rings. The van der Waals surface area contributed by atoms with E-state index >= 15 is 0 Å². The van der Waals surface area contributed by atoms with E-state index in [9.17, 15) is 4.79 Å². The van der Waals surface area contributed by atoms with E-state index in [0.717, 1.165) is 44.3 Å². The van der Waals surface area contributed by atoms with Crippen molar-refractivity contribution in [1.82, 2.24) is 15.0 Å². The second kappa shape index (κ2) is 7.28. The number of hydrogen-bond donors (Lipinski definition) is 2. The Labute approximate surface area is 177 Å². The molecular formula is C24H17ClN4O. The van der Waals surface area contributed by atoms with Crippen LogP contribution >= 0.6 is 11.6 Å². The minimum absolute atomic E-state index is 0.197. The van der Waals surface area contributed by atoms with Crippen LogP contribution in [0.2, 0.25) is 5.02 Å². The van der Waals surface area contributed by atoms with Crippen LogP contribution in [0.4, 0.5) is 5.69 Å². The summed E-state index contributed by atoms with van der Waals surface area (Å²) in [7, 11) is 0. The number of benzene rings is 3. The van der Waals surface area contributed by atoms with Gasteiger partial charge in [0.2, 0.25) is 0 Å². The molecule has 0 saturated heterocycles. The molecular weight excluding hydrogens is 396 g/mol. The number of nitrogens with zero attached hydrogens (tertiary/aromatic N) is 2. The lowest BCUT2D eigenvalue weighted by Crippen LogP contribution is -2.11. The van der Waals surface area contributed by atoms with E-state index in [1.807, 2.05) is 24.4 Å². The smallest absolute Gasteiger partial charge is 0.255 e. The van der Waals surface area contributed by atoms with Crippen LogP contribution in [0.5, 0.6) is 0 Å². The number of nitrogens with one attached hydrogen (secondary N) is 2. The Morgan fingerprint density at radius 2 is 1.93 bits per heavy atom. The molecule has 0 saturated carbocycles. The summed E-state index contributed by atoms with van der Waals surface area (Å²) in [5.41, 5.74) is 6.27. The number of fused-ring (bicyclic) bond motifs is 3. The molecule has 5 aromatic rings. The summed E-state index contributed by atoms with van der Waals surface area (Å²) in [6.07, 6.45) is 3.35. The fraction of sp³-hybridized carbons (Fsp3) is 0.0417. The minimum atomic E-state index is -0.197. The standard InChI is InChI=1S/C24H17ClN4O/c1-14-5-7-18(28-24(30)16-3-2-4-17(25)9-16)11-20(14)15-6-8-19-21-12-26-13-27-23(21)29-22(19)10-15/h2-13H,1H3,(H,28,30)(H,26,27,29). The Hall–Kier alpha value is -3.70. The van der Waals surface area contributed by atoms with E-state index in [0.29, 0.717) is 10.6 Å². The summed E-state index contributed by atoms with van der Waals surface area (Å²) in [4.78, 5) is 24.3. The molecule has 1 amide bonds. The third-order valence-corrected chi connectivity index (χ3v) is 5.40. The van der Waals surface area contributed by atoms with E-state index in [1.165, 1.54) is 6.33 Å². The maximum absolute atomic E-state index is 12.6. The summed E-state index contributed by atoms with van der Waals surface area (Å²) >= 11 is 6.00. The van der Waals surface area contributed by atoms with Gasteiger partial charge in [0, 0.05) is 38.8 Å². The second-order valence-corrected chi connectivity index (χ2v) is 7.60. The Kier molecular flexibility index (Phi) is 4.45. The van der Waals surface area contributed by atoms with Crippen molar-refractivity contribution in [2.75, 3.05) is 5.32 Å². The van der Waals surface area contributed by atoms with E-state index in [-0.39, 0.29) is 5.91 Å². The molecule has 3 aromatic carbocycles. The highest BCUT2D eigenvalue weighted by Gasteiger charge is 2.11. The largest absolute Gasteiger partial charge is 0.339 e. The van der Waals surface area contributed by atoms with Crippen molar-refractivity contribution in [3.05, 3.63) is 89.3 Å². The van der Waals surface area contributed by atoms with E-state index in [1.54, 1.807) is 24.3 Å². The molecule has 0 aliphatic carbocycles. The first-order valence-corrected chi connectivity index (χ1v) is 9.86. The predicted molar refractivity (Wildman–Crippen MR) is 121 cm³/mol. The van der Waals surface area contributed by atoms with Crippen LogP contribution in [0.1, 0.15) is 15.9 Å². The van der Waals surface area contributed by atoms with Crippen molar-refractivity contribution in [2.24, 2.45) is 0 Å². The minimum Gasteiger partial charge on any atom is -0.339 e. The van der Waals surface area contributed by atoms with Crippen LogP contribution in [0.25, 0.3) is 33.1 Å². The van der Waals surface area contributed by atoms with Crippen molar-refractivity contribution < 1.29 is 4.79 Å². The van der Waals surface area contributed by atoms with Crippen LogP contribution in [0, 0.1) is 6.92 Å². The zero-order valence-electron chi connectivity index (χ0n) is 16.1. The third kappa shape index (κ3) is 3.29. The molecule has 0 bridgehead atoms. The number of carbonyl (C=O) groups is 1. The number of anilines is 1. The number of aromatic nitrogens is 3. The van der Waals surface area contributed by atoms with Crippen molar-refractivity contribution in [1.29, 1.82) is 0 Å². The number of hydrogen-bond acceptors (Lipinski definition) is 3. The lowest BCUT2D eigenvalue weighted by Gasteiger charge is -2.11. The van der Waals surface area contributed by atoms with Gasteiger partial charge >= 0.3 is 0 Å².